The van der Waals surface area contributed by atoms with Crippen LogP contribution in [0.1, 0.15) is 37.7 Å². The van der Waals surface area contributed by atoms with Gasteiger partial charge >= 0.3 is 0 Å². The molecule has 5 nitrogen and oxygen atoms in total. The van der Waals surface area contributed by atoms with Gasteiger partial charge in [0.2, 0.25) is 5.91 Å². The highest BCUT2D eigenvalue weighted by atomic mass is 16.5. The maximum atomic E-state index is 11.4. The van der Waals surface area contributed by atoms with Crippen molar-refractivity contribution in [2.45, 2.75) is 46.1 Å². The summed E-state index contributed by atoms with van der Waals surface area (Å²) in [4.78, 5) is 17.9. The smallest absolute Gasteiger partial charge is 0.219 e. The lowest BCUT2D eigenvalue weighted by atomic mass is 9.93. The predicted molar refractivity (Wildman–Crippen MR) is 82.1 cm³/mol. The van der Waals surface area contributed by atoms with Gasteiger partial charge in [0.05, 0.1) is 0 Å². The first-order valence-electron chi connectivity index (χ1n) is 7.87. The van der Waals surface area contributed by atoms with Crippen LogP contribution in [0, 0.1) is 12.8 Å². The summed E-state index contributed by atoms with van der Waals surface area (Å²) in [5.74, 6) is 2.03. The average molecular weight is 293 g/mol. The molecule has 1 aliphatic heterocycles. The Morgan fingerprint density at radius 2 is 2.14 bits per heavy atom. The molecule has 1 aromatic rings. The molecule has 0 atom stereocenters. The summed E-state index contributed by atoms with van der Waals surface area (Å²) in [7, 11) is 1.74. The minimum absolute atomic E-state index is 0.199. The molecule has 0 radical (unpaired) electrons. The van der Waals surface area contributed by atoms with Crippen molar-refractivity contribution in [1.82, 2.24) is 14.5 Å². The van der Waals surface area contributed by atoms with Gasteiger partial charge in [0.25, 0.3) is 0 Å². The molecule has 0 N–H and O–H groups in total. The fourth-order valence-electron chi connectivity index (χ4n) is 3.06. The monoisotopic (exact) mass is 293 g/mol. The number of carbonyl (C=O) groups is 1. The minimum Gasteiger partial charge on any atom is -0.385 e. The predicted octanol–water partition coefficient (Wildman–Crippen LogP) is 2.03. The maximum absolute atomic E-state index is 11.4. The van der Waals surface area contributed by atoms with Crippen molar-refractivity contribution >= 4 is 5.91 Å². The van der Waals surface area contributed by atoms with E-state index in [2.05, 4.69) is 16.5 Å². The molecule has 1 aromatic heterocycles. The van der Waals surface area contributed by atoms with Crippen molar-refractivity contribution in [3.05, 3.63) is 17.7 Å². The van der Waals surface area contributed by atoms with Crippen LogP contribution in [-0.2, 0) is 22.5 Å². The van der Waals surface area contributed by atoms with Gasteiger partial charge in [-0.25, -0.2) is 4.98 Å². The van der Waals surface area contributed by atoms with E-state index in [9.17, 15) is 4.79 Å². The van der Waals surface area contributed by atoms with Crippen molar-refractivity contribution in [3.8, 4) is 0 Å². The van der Waals surface area contributed by atoms with Crippen molar-refractivity contribution in [1.29, 1.82) is 0 Å². The zero-order chi connectivity index (χ0) is 15.2. The molecule has 0 aliphatic carbocycles. The first-order valence-corrected chi connectivity index (χ1v) is 7.87. The van der Waals surface area contributed by atoms with E-state index in [0.29, 0.717) is 5.92 Å². The second kappa shape index (κ2) is 7.59. The summed E-state index contributed by atoms with van der Waals surface area (Å²) in [5, 5.41) is 0. The number of aromatic nitrogens is 2. The molecular weight excluding hydrogens is 266 g/mol. The van der Waals surface area contributed by atoms with E-state index < -0.39 is 0 Å². The van der Waals surface area contributed by atoms with E-state index in [4.69, 9.17) is 4.74 Å². The number of hydrogen-bond acceptors (Lipinski definition) is 3. The Morgan fingerprint density at radius 1 is 1.43 bits per heavy atom. The number of methoxy groups -OCH3 is 1. The van der Waals surface area contributed by atoms with Crippen molar-refractivity contribution in [2.75, 3.05) is 26.8 Å². The Morgan fingerprint density at radius 3 is 2.76 bits per heavy atom. The molecule has 1 amide bonds. The molecule has 118 valence electrons. The van der Waals surface area contributed by atoms with Gasteiger partial charge in [-0.15, -0.1) is 0 Å². The van der Waals surface area contributed by atoms with Gasteiger partial charge in [-0.3, -0.25) is 4.79 Å². The zero-order valence-corrected chi connectivity index (χ0v) is 13.5. The summed E-state index contributed by atoms with van der Waals surface area (Å²) in [6.45, 7) is 7.32. The molecule has 0 bridgehead atoms. The van der Waals surface area contributed by atoms with Crippen LogP contribution >= 0.6 is 0 Å². The van der Waals surface area contributed by atoms with E-state index >= 15 is 0 Å². The summed E-state index contributed by atoms with van der Waals surface area (Å²) in [6, 6.07) is 0. The molecule has 2 heterocycles. The molecule has 0 saturated carbocycles. The largest absolute Gasteiger partial charge is 0.385 e. The standard InChI is InChI=1S/C16H27N3O2/c1-13-12-17-16(19(13)7-4-10-21-3)11-15-5-8-18(9-6-15)14(2)20/h12,15H,4-11H2,1-3H3. The summed E-state index contributed by atoms with van der Waals surface area (Å²) in [6.07, 6.45) is 6.18. The van der Waals surface area contributed by atoms with Crippen molar-refractivity contribution < 1.29 is 9.53 Å². The van der Waals surface area contributed by atoms with Crippen LogP contribution < -0.4 is 0 Å². The highest BCUT2D eigenvalue weighted by Gasteiger charge is 2.22. The summed E-state index contributed by atoms with van der Waals surface area (Å²) >= 11 is 0. The van der Waals surface area contributed by atoms with E-state index in [1.807, 2.05) is 11.1 Å². The minimum atomic E-state index is 0.199. The quantitative estimate of drug-likeness (QED) is 0.754. The van der Waals surface area contributed by atoms with Crippen LogP contribution in [0.2, 0.25) is 0 Å². The van der Waals surface area contributed by atoms with Crippen molar-refractivity contribution in [2.24, 2.45) is 5.92 Å². The summed E-state index contributed by atoms with van der Waals surface area (Å²) in [5.41, 5.74) is 1.22. The lowest BCUT2D eigenvalue weighted by Gasteiger charge is -2.31. The topological polar surface area (TPSA) is 47.4 Å². The van der Waals surface area contributed by atoms with Gasteiger partial charge in [-0.2, -0.15) is 0 Å². The Labute approximate surface area is 127 Å². The normalized spacial score (nSPS) is 16.4. The molecule has 1 saturated heterocycles. The van der Waals surface area contributed by atoms with Crippen LogP contribution in [0.15, 0.2) is 6.20 Å². The van der Waals surface area contributed by atoms with Crippen LogP contribution in [-0.4, -0.2) is 47.2 Å². The molecular formula is C16H27N3O2. The van der Waals surface area contributed by atoms with Gasteiger partial charge in [0.15, 0.2) is 0 Å². The van der Waals surface area contributed by atoms with Gasteiger partial charge in [-0.1, -0.05) is 0 Å². The van der Waals surface area contributed by atoms with Gasteiger partial charge in [-0.05, 0) is 32.1 Å². The van der Waals surface area contributed by atoms with E-state index in [1.54, 1.807) is 14.0 Å². The van der Waals surface area contributed by atoms with Crippen molar-refractivity contribution in [3.63, 3.8) is 0 Å². The van der Waals surface area contributed by atoms with Crippen LogP contribution in [0.3, 0.4) is 0 Å². The molecule has 1 aliphatic rings. The van der Waals surface area contributed by atoms with E-state index in [1.165, 1.54) is 11.5 Å². The zero-order valence-electron chi connectivity index (χ0n) is 13.5. The number of imidazole rings is 1. The average Bonchev–Trinajstić information content (AvgIpc) is 2.81. The third-order valence-corrected chi connectivity index (χ3v) is 4.40. The molecule has 0 spiro atoms. The van der Waals surface area contributed by atoms with E-state index in [0.717, 1.165) is 51.9 Å². The highest BCUT2D eigenvalue weighted by molar-refractivity contribution is 5.73. The van der Waals surface area contributed by atoms with Gasteiger partial charge in [0, 0.05) is 58.6 Å². The van der Waals surface area contributed by atoms with Gasteiger partial charge in [0.1, 0.15) is 5.82 Å². The van der Waals surface area contributed by atoms with E-state index in [-0.39, 0.29) is 5.91 Å². The molecule has 21 heavy (non-hydrogen) atoms. The van der Waals surface area contributed by atoms with Crippen LogP contribution in [0.5, 0.6) is 0 Å². The molecule has 0 unspecified atom stereocenters. The van der Waals surface area contributed by atoms with Gasteiger partial charge < -0.3 is 14.2 Å². The number of aryl methyl sites for hydroxylation is 1. The molecule has 2 rings (SSSR count). The number of rotatable bonds is 6. The molecule has 0 aromatic carbocycles. The first-order chi connectivity index (χ1) is 10.1. The summed E-state index contributed by atoms with van der Waals surface area (Å²) < 4.78 is 7.45. The number of piperidine rings is 1. The Bertz CT molecular complexity index is 462. The number of ether oxygens (including phenoxy) is 1. The first kappa shape index (κ1) is 16.0. The molecule has 5 heteroatoms. The second-order valence-corrected chi connectivity index (χ2v) is 5.97. The third kappa shape index (κ3) is 4.30. The lowest BCUT2D eigenvalue weighted by Crippen LogP contribution is -2.37. The Balaban J connectivity index is 1.90. The van der Waals surface area contributed by atoms with Crippen LogP contribution in [0.4, 0.5) is 0 Å². The number of likely N-dealkylation sites (tertiary alicyclic amines) is 1. The third-order valence-electron chi connectivity index (χ3n) is 4.40. The number of hydrogen-bond donors (Lipinski definition) is 0. The molecule has 1 fully saturated rings. The number of carbonyl (C=O) groups excluding carboxylic acids is 1. The Hall–Kier alpha value is -1.36. The number of nitrogens with zero attached hydrogens (tertiary/aromatic N) is 3. The SMILES string of the molecule is COCCCn1c(C)cnc1CC1CCN(C(C)=O)CC1. The second-order valence-electron chi connectivity index (χ2n) is 5.97. The fraction of sp³-hybridized carbons (Fsp3) is 0.750. The fourth-order valence-corrected chi connectivity index (χ4v) is 3.06. The van der Waals surface area contributed by atoms with Crippen LogP contribution in [0.25, 0.3) is 0 Å². The maximum Gasteiger partial charge on any atom is 0.219 e. The highest BCUT2D eigenvalue weighted by Crippen LogP contribution is 2.22. The number of amides is 1. The lowest BCUT2D eigenvalue weighted by molar-refractivity contribution is -0.130. The Kier molecular flexibility index (Phi) is 5.79.